The first kappa shape index (κ1) is 16.3. The zero-order valence-corrected chi connectivity index (χ0v) is 13.9. The topological polar surface area (TPSA) is 15.3 Å². The number of benzene rings is 1. The number of hydrogen-bond donors (Lipinski definition) is 1. The molecule has 1 aliphatic rings. The summed E-state index contributed by atoms with van der Waals surface area (Å²) in [6.07, 6.45) is 5.25. The highest BCUT2D eigenvalue weighted by atomic mass is 19.1. The van der Waals surface area contributed by atoms with Crippen molar-refractivity contribution in [2.24, 2.45) is 5.92 Å². The largest absolute Gasteiger partial charge is 0.372 e. The highest BCUT2D eigenvalue weighted by Crippen LogP contribution is 2.28. The summed E-state index contributed by atoms with van der Waals surface area (Å²) in [6.45, 7) is 8.02. The van der Waals surface area contributed by atoms with Gasteiger partial charge in [0.2, 0.25) is 0 Å². The SMILES string of the molecule is CN(CC1CCCC1)c1ccc(CNC(C)(C)C)cc1F. The van der Waals surface area contributed by atoms with Crippen LogP contribution in [0.15, 0.2) is 18.2 Å². The fraction of sp³-hybridized carbons (Fsp3) is 0.667. The van der Waals surface area contributed by atoms with Gasteiger partial charge in [-0.15, -0.1) is 0 Å². The van der Waals surface area contributed by atoms with Gasteiger partial charge < -0.3 is 10.2 Å². The molecule has 0 spiro atoms. The van der Waals surface area contributed by atoms with Crippen LogP contribution < -0.4 is 10.2 Å². The van der Waals surface area contributed by atoms with Crippen molar-refractivity contribution in [1.29, 1.82) is 0 Å². The van der Waals surface area contributed by atoms with Gasteiger partial charge in [-0.2, -0.15) is 0 Å². The standard InChI is InChI=1S/C18H29FN2/c1-18(2,3)20-12-15-9-10-17(16(19)11-15)21(4)13-14-7-5-6-8-14/h9-11,14,20H,5-8,12-13H2,1-4H3. The first-order valence-electron chi connectivity index (χ1n) is 8.10. The van der Waals surface area contributed by atoms with E-state index in [2.05, 4.69) is 31.0 Å². The molecule has 3 heteroatoms. The number of nitrogens with one attached hydrogen (secondary N) is 1. The highest BCUT2D eigenvalue weighted by Gasteiger charge is 2.18. The molecule has 0 heterocycles. The Morgan fingerprint density at radius 3 is 2.48 bits per heavy atom. The van der Waals surface area contributed by atoms with Crippen LogP contribution in [0.4, 0.5) is 10.1 Å². The number of halogens is 1. The molecule has 1 N–H and O–H groups in total. The lowest BCUT2D eigenvalue weighted by atomic mass is 10.1. The van der Waals surface area contributed by atoms with Crippen LogP contribution in [-0.4, -0.2) is 19.1 Å². The monoisotopic (exact) mass is 292 g/mol. The van der Waals surface area contributed by atoms with Crippen molar-refractivity contribution >= 4 is 5.69 Å². The Morgan fingerprint density at radius 1 is 1.24 bits per heavy atom. The molecule has 1 fully saturated rings. The summed E-state index contributed by atoms with van der Waals surface area (Å²) < 4.78 is 14.3. The molecular formula is C18H29FN2. The summed E-state index contributed by atoms with van der Waals surface area (Å²) in [6, 6.07) is 5.62. The Labute approximate surface area is 128 Å². The third-order valence-corrected chi connectivity index (χ3v) is 4.25. The second-order valence-corrected chi connectivity index (χ2v) is 7.42. The van der Waals surface area contributed by atoms with E-state index < -0.39 is 0 Å². The molecule has 0 aliphatic heterocycles. The second kappa shape index (κ2) is 6.78. The molecule has 21 heavy (non-hydrogen) atoms. The van der Waals surface area contributed by atoms with Crippen molar-refractivity contribution in [2.45, 2.75) is 58.5 Å². The van der Waals surface area contributed by atoms with Gasteiger partial charge in [0.25, 0.3) is 0 Å². The minimum atomic E-state index is -0.108. The Kier molecular flexibility index (Phi) is 5.26. The van der Waals surface area contributed by atoms with Gasteiger partial charge in [0.15, 0.2) is 0 Å². The molecule has 1 aromatic carbocycles. The molecule has 0 aromatic heterocycles. The maximum Gasteiger partial charge on any atom is 0.146 e. The van der Waals surface area contributed by atoms with Crippen LogP contribution in [0.2, 0.25) is 0 Å². The molecule has 0 bridgehead atoms. The Morgan fingerprint density at radius 2 is 1.90 bits per heavy atom. The van der Waals surface area contributed by atoms with Crippen molar-refractivity contribution in [2.75, 3.05) is 18.5 Å². The van der Waals surface area contributed by atoms with Crippen LogP contribution in [0, 0.1) is 11.7 Å². The minimum Gasteiger partial charge on any atom is -0.372 e. The van der Waals surface area contributed by atoms with Gasteiger partial charge >= 0.3 is 0 Å². The lowest BCUT2D eigenvalue weighted by Gasteiger charge is -2.24. The number of hydrogen-bond acceptors (Lipinski definition) is 2. The quantitative estimate of drug-likeness (QED) is 0.868. The molecule has 1 aromatic rings. The fourth-order valence-electron chi connectivity index (χ4n) is 3.02. The van der Waals surface area contributed by atoms with Crippen LogP contribution in [0.5, 0.6) is 0 Å². The molecule has 0 unspecified atom stereocenters. The Hall–Kier alpha value is -1.09. The van der Waals surface area contributed by atoms with E-state index in [9.17, 15) is 4.39 Å². The van der Waals surface area contributed by atoms with Crippen LogP contribution in [0.3, 0.4) is 0 Å². The van der Waals surface area contributed by atoms with Crippen molar-refractivity contribution < 1.29 is 4.39 Å². The smallest absolute Gasteiger partial charge is 0.146 e. The van der Waals surface area contributed by atoms with Crippen LogP contribution in [0.25, 0.3) is 0 Å². The van der Waals surface area contributed by atoms with Crippen molar-refractivity contribution in [3.8, 4) is 0 Å². The summed E-state index contributed by atoms with van der Waals surface area (Å²) >= 11 is 0. The van der Waals surface area contributed by atoms with Crippen LogP contribution >= 0.6 is 0 Å². The summed E-state index contributed by atoms with van der Waals surface area (Å²) in [7, 11) is 2.00. The Bertz CT molecular complexity index is 459. The molecule has 2 rings (SSSR count). The van der Waals surface area contributed by atoms with E-state index in [4.69, 9.17) is 0 Å². The number of anilines is 1. The van der Waals surface area contributed by atoms with Gasteiger partial charge in [-0.25, -0.2) is 4.39 Å². The molecule has 0 amide bonds. The van der Waals surface area contributed by atoms with E-state index in [0.29, 0.717) is 6.54 Å². The van der Waals surface area contributed by atoms with Crippen molar-refractivity contribution in [3.63, 3.8) is 0 Å². The predicted molar refractivity (Wildman–Crippen MR) is 88.2 cm³/mol. The highest BCUT2D eigenvalue weighted by molar-refractivity contribution is 5.48. The lowest BCUT2D eigenvalue weighted by molar-refractivity contribution is 0.423. The number of nitrogens with zero attached hydrogens (tertiary/aromatic N) is 1. The van der Waals surface area contributed by atoms with Gasteiger partial charge in [-0.05, 0) is 57.2 Å². The van der Waals surface area contributed by atoms with Gasteiger partial charge in [-0.1, -0.05) is 18.9 Å². The van der Waals surface area contributed by atoms with E-state index in [1.807, 2.05) is 19.2 Å². The van der Waals surface area contributed by atoms with Gasteiger partial charge in [-0.3, -0.25) is 0 Å². The third kappa shape index (κ3) is 4.99. The summed E-state index contributed by atoms with van der Waals surface area (Å²) in [5.74, 6) is 0.625. The molecule has 1 saturated carbocycles. The maximum atomic E-state index is 14.3. The molecule has 1 aliphatic carbocycles. The van der Waals surface area contributed by atoms with Gasteiger partial charge in [0, 0.05) is 25.7 Å². The fourth-order valence-corrected chi connectivity index (χ4v) is 3.02. The molecule has 0 atom stereocenters. The van der Waals surface area contributed by atoms with E-state index in [1.165, 1.54) is 25.7 Å². The Balaban J connectivity index is 1.97. The summed E-state index contributed by atoms with van der Waals surface area (Å²) in [4.78, 5) is 2.08. The molecule has 0 saturated heterocycles. The average Bonchev–Trinajstić information content (AvgIpc) is 2.88. The summed E-state index contributed by atoms with van der Waals surface area (Å²) in [5.41, 5.74) is 1.77. The number of rotatable bonds is 5. The van der Waals surface area contributed by atoms with Crippen molar-refractivity contribution in [1.82, 2.24) is 5.32 Å². The average molecular weight is 292 g/mol. The van der Waals surface area contributed by atoms with Gasteiger partial charge in [0.1, 0.15) is 5.82 Å². The maximum absolute atomic E-state index is 14.3. The van der Waals surface area contributed by atoms with E-state index in [-0.39, 0.29) is 11.4 Å². The van der Waals surface area contributed by atoms with Crippen molar-refractivity contribution in [3.05, 3.63) is 29.6 Å². The predicted octanol–water partition coefficient (Wildman–Crippen LogP) is 4.34. The molecule has 0 radical (unpaired) electrons. The zero-order valence-electron chi connectivity index (χ0n) is 13.9. The third-order valence-electron chi connectivity index (χ3n) is 4.25. The minimum absolute atomic E-state index is 0.0500. The zero-order chi connectivity index (χ0) is 15.5. The first-order valence-corrected chi connectivity index (χ1v) is 8.10. The molecular weight excluding hydrogens is 263 g/mol. The van der Waals surface area contributed by atoms with Gasteiger partial charge in [0.05, 0.1) is 5.69 Å². The summed E-state index contributed by atoms with van der Waals surface area (Å²) in [5, 5.41) is 3.39. The van der Waals surface area contributed by atoms with E-state index >= 15 is 0 Å². The van der Waals surface area contributed by atoms with E-state index in [1.54, 1.807) is 6.07 Å². The lowest BCUT2D eigenvalue weighted by Crippen LogP contribution is -2.35. The first-order chi connectivity index (χ1) is 9.85. The second-order valence-electron chi connectivity index (χ2n) is 7.42. The van der Waals surface area contributed by atoms with Crippen LogP contribution in [0.1, 0.15) is 52.0 Å². The van der Waals surface area contributed by atoms with E-state index in [0.717, 1.165) is 23.7 Å². The molecule has 2 nitrogen and oxygen atoms in total. The van der Waals surface area contributed by atoms with Crippen LogP contribution in [-0.2, 0) is 6.54 Å². The normalized spacial score (nSPS) is 16.4. The molecule has 118 valence electrons.